The minimum Gasteiger partial charge on any atom is -0.360 e. The topological polar surface area (TPSA) is 97.8 Å². The maximum Gasteiger partial charge on any atom is 0.276 e. The highest BCUT2D eigenvalue weighted by molar-refractivity contribution is 9.10. The summed E-state index contributed by atoms with van der Waals surface area (Å²) in [6, 6.07) is 16.3. The molecule has 1 N–H and O–H groups in total. The molecule has 4 rings (SSSR count). The molecule has 0 unspecified atom stereocenters. The van der Waals surface area contributed by atoms with Crippen molar-refractivity contribution in [2.75, 3.05) is 11.9 Å². The van der Waals surface area contributed by atoms with E-state index in [1.807, 2.05) is 36.4 Å². The van der Waals surface area contributed by atoms with Crippen LogP contribution >= 0.6 is 15.9 Å². The molecule has 180 valence electrons. The number of ether oxygens (including phenoxy) is 1. The van der Waals surface area contributed by atoms with Crippen molar-refractivity contribution in [1.29, 1.82) is 5.26 Å². The van der Waals surface area contributed by atoms with Crippen molar-refractivity contribution in [3.63, 3.8) is 0 Å². The summed E-state index contributed by atoms with van der Waals surface area (Å²) >= 11 is 3.51. The number of amides is 1. The molecule has 0 radical (unpaired) electrons. The summed E-state index contributed by atoms with van der Waals surface area (Å²) < 4.78 is 10.2. The zero-order valence-corrected chi connectivity index (χ0v) is 22.5. The Kier molecular flexibility index (Phi) is 7.50. The quantitative estimate of drug-likeness (QED) is 0.220. The molecule has 0 aliphatic heterocycles. The first-order valence-corrected chi connectivity index (χ1v) is 15.8. The van der Waals surface area contributed by atoms with Crippen LogP contribution in [0.4, 0.5) is 5.69 Å². The van der Waals surface area contributed by atoms with Crippen LogP contribution in [0, 0.1) is 11.3 Å². The standard InChI is InChI=1S/C25H27BrN6O2Si/c1-35(2,3)10-9-34-17-32-23-12-20(26)7-8-22(23)24(30-32)25(33)29-21-14-28-31(16-21)15-19-6-4-5-18(11-19)13-27/h4-8,11-12,14,16H,9-10,15,17H2,1-3H3,(H,29,33). The summed E-state index contributed by atoms with van der Waals surface area (Å²) in [6.07, 6.45) is 3.35. The van der Waals surface area contributed by atoms with E-state index >= 15 is 0 Å². The Morgan fingerprint density at radius 2 is 2.06 bits per heavy atom. The summed E-state index contributed by atoms with van der Waals surface area (Å²) in [5.74, 6) is -0.316. The Balaban J connectivity index is 1.48. The number of halogens is 1. The number of nitriles is 1. The number of fused-ring (bicyclic) bond motifs is 1. The number of nitrogens with one attached hydrogen (secondary N) is 1. The molecular formula is C25H27BrN6O2Si. The van der Waals surface area contributed by atoms with Crippen molar-refractivity contribution >= 4 is 46.5 Å². The van der Waals surface area contributed by atoms with Crippen LogP contribution in [0.3, 0.4) is 0 Å². The number of nitrogens with zero attached hydrogens (tertiary/aromatic N) is 5. The van der Waals surface area contributed by atoms with E-state index in [4.69, 9.17) is 10.00 Å². The average Bonchev–Trinajstić information content (AvgIpc) is 3.40. The lowest BCUT2D eigenvalue weighted by Gasteiger charge is -2.15. The highest BCUT2D eigenvalue weighted by atomic mass is 79.9. The van der Waals surface area contributed by atoms with Crippen LogP contribution < -0.4 is 5.32 Å². The first-order chi connectivity index (χ1) is 16.7. The number of anilines is 1. The van der Waals surface area contributed by atoms with Gasteiger partial charge in [-0.3, -0.25) is 9.48 Å². The fourth-order valence-electron chi connectivity index (χ4n) is 3.57. The number of aromatic nitrogens is 4. The van der Waals surface area contributed by atoms with Gasteiger partial charge >= 0.3 is 0 Å². The maximum absolute atomic E-state index is 13.1. The van der Waals surface area contributed by atoms with Crippen LogP contribution in [0.2, 0.25) is 25.7 Å². The Morgan fingerprint density at radius 3 is 2.83 bits per heavy atom. The van der Waals surface area contributed by atoms with Crippen molar-refractivity contribution < 1.29 is 9.53 Å². The molecule has 10 heteroatoms. The van der Waals surface area contributed by atoms with Gasteiger partial charge in [-0.2, -0.15) is 15.5 Å². The Morgan fingerprint density at radius 1 is 1.23 bits per heavy atom. The van der Waals surface area contributed by atoms with E-state index in [1.165, 1.54) is 0 Å². The zero-order valence-electron chi connectivity index (χ0n) is 20.0. The average molecular weight is 552 g/mol. The van der Waals surface area contributed by atoms with Crippen LogP contribution in [0.15, 0.2) is 59.3 Å². The van der Waals surface area contributed by atoms with E-state index < -0.39 is 8.07 Å². The van der Waals surface area contributed by atoms with E-state index in [1.54, 1.807) is 27.8 Å². The number of carbonyl (C=O) groups is 1. The lowest BCUT2D eigenvalue weighted by molar-refractivity contribution is 0.0809. The summed E-state index contributed by atoms with van der Waals surface area (Å²) in [5.41, 5.74) is 3.27. The number of rotatable bonds is 9. The largest absolute Gasteiger partial charge is 0.360 e. The normalized spacial score (nSPS) is 11.5. The van der Waals surface area contributed by atoms with Crippen LogP contribution in [-0.2, 0) is 18.0 Å². The molecule has 4 aromatic rings. The first kappa shape index (κ1) is 24.8. The van der Waals surface area contributed by atoms with Gasteiger partial charge in [0, 0.05) is 30.7 Å². The van der Waals surface area contributed by atoms with Gasteiger partial charge in [0.2, 0.25) is 0 Å². The molecule has 2 heterocycles. The lowest BCUT2D eigenvalue weighted by atomic mass is 10.1. The van der Waals surface area contributed by atoms with Gasteiger partial charge in [0.15, 0.2) is 5.69 Å². The molecule has 0 bridgehead atoms. The second-order valence-electron chi connectivity index (χ2n) is 9.55. The molecule has 0 fully saturated rings. The molecule has 0 aliphatic rings. The van der Waals surface area contributed by atoms with Gasteiger partial charge in [-0.15, -0.1) is 0 Å². The smallest absolute Gasteiger partial charge is 0.276 e. The van der Waals surface area contributed by atoms with Crippen molar-refractivity contribution in [3.05, 3.63) is 76.2 Å². The van der Waals surface area contributed by atoms with Crippen LogP contribution in [0.1, 0.15) is 21.6 Å². The van der Waals surface area contributed by atoms with Crippen LogP contribution in [0.5, 0.6) is 0 Å². The van der Waals surface area contributed by atoms with Gasteiger partial charge in [-0.1, -0.05) is 47.7 Å². The monoisotopic (exact) mass is 550 g/mol. The molecule has 2 aromatic heterocycles. The van der Waals surface area contributed by atoms with Crippen molar-refractivity contribution in [3.8, 4) is 6.07 Å². The number of hydrogen-bond acceptors (Lipinski definition) is 5. The molecule has 35 heavy (non-hydrogen) atoms. The third-order valence-electron chi connectivity index (χ3n) is 5.43. The fourth-order valence-corrected chi connectivity index (χ4v) is 4.68. The van der Waals surface area contributed by atoms with Gasteiger partial charge in [0.05, 0.1) is 35.6 Å². The van der Waals surface area contributed by atoms with E-state index in [0.29, 0.717) is 30.1 Å². The number of carbonyl (C=O) groups excluding carboxylic acids is 1. The molecule has 0 aliphatic carbocycles. The summed E-state index contributed by atoms with van der Waals surface area (Å²) in [5, 5.41) is 21.6. The molecular weight excluding hydrogens is 524 g/mol. The van der Waals surface area contributed by atoms with Gasteiger partial charge in [-0.05, 0) is 41.9 Å². The lowest BCUT2D eigenvalue weighted by Crippen LogP contribution is -2.22. The number of hydrogen-bond donors (Lipinski definition) is 1. The Hall–Kier alpha value is -3.26. The SMILES string of the molecule is C[Si](C)(C)CCOCn1nc(C(=O)Nc2cnn(Cc3cccc(C#N)c3)c2)c2ccc(Br)cc21. The van der Waals surface area contributed by atoms with Crippen LogP contribution in [-0.4, -0.2) is 40.1 Å². The third kappa shape index (κ3) is 6.45. The minimum atomic E-state index is -1.19. The van der Waals surface area contributed by atoms with E-state index in [-0.39, 0.29) is 12.6 Å². The second kappa shape index (κ2) is 10.6. The fraction of sp³-hybridized carbons (Fsp3) is 0.280. The Labute approximate surface area is 213 Å². The summed E-state index contributed by atoms with van der Waals surface area (Å²) in [4.78, 5) is 13.1. The number of benzene rings is 2. The molecule has 0 saturated heterocycles. The van der Waals surface area contributed by atoms with Crippen molar-refractivity contribution in [1.82, 2.24) is 19.6 Å². The van der Waals surface area contributed by atoms with Crippen LogP contribution in [0.25, 0.3) is 10.9 Å². The van der Waals surface area contributed by atoms with Gasteiger partial charge in [-0.25, -0.2) is 4.68 Å². The molecule has 1 amide bonds. The maximum atomic E-state index is 13.1. The van der Waals surface area contributed by atoms with Gasteiger partial charge in [0.1, 0.15) is 6.73 Å². The highest BCUT2D eigenvalue weighted by Crippen LogP contribution is 2.24. The third-order valence-corrected chi connectivity index (χ3v) is 7.63. The predicted molar refractivity (Wildman–Crippen MR) is 142 cm³/mol. The molecule has 0 saturated carbocycles. The van der Waals surface area contributed by atoms with Crippen molar-refractivity contribution in [2.24, 2.45) is 0 Å². The summed E-state index contributed by atoms with van der Waals surface area (Å²) in [7, 11) is -1.19. The Bertz CT molecular complexity index is 1400. The molecule has 0 spiro atoms. The van der Waals surface area contributed by atoms with E-state index in [2.05, 4.69) is 57.2 Å². The van der Waals surface area contributed by atoms with Crippen molar-refractivity contribution in [2.45, 2.75) is 39.0 Å². The molecule has 0 atom stereocenters. The second-order valence-corrected chi connectivity index (χ2v) is 16.1. The van der Waals surface area contributed by atoms with Gasteiger partial charge in [0.25, 0.3) is 5.91 Å². The van der Waals surface area contributed by atoms with E-state index in [9.17, 15) is 4.79 Å². The molecule has 8 nitrogen and oxygen atoms in total. The predicted octanol–water partition coefficient (Wildman–Crippen LogP) is 5.48. The zero-order chi connectivity index (χ0) is 25.0. The molecule has 2 aromatic carbocycles. The minimum absolute atomic E-state index is 0.282. The van der Waals surface area contributed by atoms with Gasteiger partial charge < -0.3 is 10.1 Å². The van der Waals surface area contributed by atoms with E-state index in [0.717, 1.165) is 27.0 Å². The first-order valence-electron chi connectivity index (χ1n) is 11.3. The summed E-state index contributed by atoms with van der Waals surface area (Å²) in [6.45, 7) is 8.37. The highest BCUT2D eigenvalue weighted by Gasteiger charge is 2.19.